The second-order valence-electron chi connectivity index (χ2n) is 6.93. The summed E-state index contributed by atoms with van der Waals surface area (Å²) in [5.41, 5.74) is 0.626. The lowest BCUT2D eigenvalue weighted by Gasteiger charge is -2.35. The molecule has 1 saturated carbocycles. The summed E-state index contributed by atoms with van der Waals surface area (Å²) in [6, 6.07) is 3.34. The molecule has 1 unspecified atom stereocenters. The number of hydrogen-bond donors (Lipinski definition) is 1. The molecule has 2 aromatic rings. The van der Waals surface area contributed by atoms with E-state index in [1.54, 1.807) is 24.0 Å². The van der Waals surface area contributed by atoms with Crippen LogP contribution in [0.3, 0.4) is 0 Å². The standard InChI is InChI=1S/C19H21F2N3O4/c1-23(17(18(25)26)15-4-3-12(20)9-16(15)21)10-13-5-6-22-24(13)14-7-11(8-14)19(27)28-2/h3-6,9,11,14,17H,7-8,10H2,1-2H3,(H,25,26). The van der Waals surface area contributed by atoms with E-state index in [0.717, 1.165) is 17.8 Å². The number of halogens is 2. The first-order valence-corrected chi connectivity index (χ1v) is 8.80. The number of carboxylic acids is 1. The number of ether oxygens (including phenoxy) is 1. The lowest BCUT2D eigenvalue weighted by Crippen LogP contribution is -2.36. The Hall–Kier alpha value is -2.81. The number of rotatable bonds is 7. The number of carbonyl (C=O) groups is 2. The number of methoxy groups -OCH3 is 1. The molecule has 0 amide bonds. The molecular formula is C19H21F2N3O4. The van der Waals surface area contributed by atoms with Crippen molar-refractivity contribution in [3.63, 3.8) is 0 Å². The van der Waals surface area contributed by atoms with Crippen LogP contribution in [0.25, 0.3) is 0 Å². The van der Waals surface area contributed by atoms with Gasteiger partial charge in [-0.1, -0.05) is 6.07 Å². The fourth-order valence-electron chi connectivity index (χ4n) is 3.57. The number of hydrogen-bond acceptors (Lipinski definition) is 5. The summed E-state index contributed by atoms with van der Waals surface area (Å²) < 4.78 is 33.8. The van der Waals surface area contributed by atoms with E-state index in [9.17, 15) is 23.5 Å². The van der Waals surface area contributed by atoms with Crippen LogP contribution in [0.5, 0.6) is 0 Å². The zero-order valence-electron chi connectivity index (χ0n) is 15.5. The second kappa shape index (κ2) is 8.05. The van der Waals surface area contributed by atoms with Crippen LogP contribution in [0.15, 0.2) is 30.5 Å². The highest BCUT2D eigenvalue weighted by Crippen LogP contribution is 2.39. The Balaban J connectivity index is 1.75. The van der Waals surface area contributed by atoms with E-state index in [-0.39, 0.29) is 30.0 Å². The van der Waals surface area contributed by atoms with Gasteiger partial charge in [-0.15, -0.1) is 0 Å². The Labute approximate surface area is 160 Å². The minimum atomic E-state index is -1.28. The third kappa shape index (κ3) is 3.89. The highest BCUT2D eigenvalue weighted by molar-refractivity contribution is 5.75. The van der Waals surface area contributed by atoms with Gasteiger partial charge in [-0.2, -0.15) is 5.10 Å². The highest BCUT2D eigenvalue weighted by atomic mass is 19.1. The fourth-order valence-corrected chi connectivity index (χ4v) is 3.57. The molecule has 28 heavy (non-hydrogen) atoms. The van der Waals surface area contributed by atoms with Crippen molar-refractivity contribution in [1.29, 1.82) is 0 Å². The molecule has 1 aromatic carbocycles. The average Bonchev–Trinajstić information content (AvgIpc) is 3.03. The number of aliphatic carboxylic acids is 1. The molecule has 1 N–H and O–H groups in total. The molecule has 0 bridgehead atoms. The third-order valence-corrected chi connectivity index (χ3v) is 5.09. The summed E-state index contributed by atoms with van der Waals surface area (Å²) in [5, 5.41) is 13.9. The molecule has 1 fully saturated rings. The number of aromatic nitrogens is 2. The van der Waals surface area contributed by atoms with E-state index in [0.29, 0.717) is 18.9 Å². The predicted octanol–water partition coefficient (Wildman–Crippen LogP) is 2.54. The van der Waals surface area contributed by atoms with Crippen LogP contribution in [-0.4, -0.2) is 45.9 Å². The first-order valence-electron chi connectivity index (χ1n) is 8.80. The molecular weight excluding hydrogens is 372 g/mol. The number of carbonyl (C=O) groups excluding carboxylic acids is 1. The Morgan fingerprint density at radius 1 is 1.36 bits per heavy atom. The van der Waals surface area contributed by atoms with E-state index < -0.39 is 23.6 Å². The molecule has 0 spiro atoms. The normalized spacial score (nSPS) is 19.9. The molecule has 1 aromatic heterocycles. The summed E-state index contributed by atoms with van der Waals surface area (Å²) >= 11 is 0. The van der Waals surface area contributed by atoms with Crippen molar-refractivity contribution in [3.05, 3.63) is 53.4 Å². The molecule has 1 heterocycles. The summed E-state index contributed by atoms with van der Waals surface area (Å²) in [4.78, 5) is 24.8. The fraction of sp³-hybridized carbons (Fsp3) is 0.421. The molecule has 0 aliphatic heterocycles. The Bertz CT molecular complexity index is 880. The van der Waals surface area contributed by atoms with E-state index in [1.165, 1.54) is 12.0 Å². The van der Waals surface area contributed by atoms with Gasteiger partial charge in [0, 0.05) is 24.4 Å². The second-order valence-corrected chi connectivity index (χ2v) is 6.93. The third-order valence-electron chi connectivity index (χ3n) is 5.09. The van der Waals surface area contributed by atoms with Gasteiger partial charge in [-0.25, -0.2) is 8.78 Å². The van der Waals surface area contributed by atoms with E-state index >= 15 is 0 Å². The van der Waals surface area contributed by atoms with Gasteiger partial charge in [-0.05, 0) is 32.0 Å². The van der Waals surface area contributed by atoms with Gasteiger partial charge in [0.25, 0.3) is 0 Å². The topological polar surface area (TPSA) is 84.7 Å². The molecule has 3 rings (SSSR count). The van der Waals surface area contributed by atoms with Crippen molar-refractivity contribution in [2.75, 3.05) is 14.2 Å². The van der Waals surface area contributed by atoms with Crippen LogP contribution in [0, 0.1) is 17.6 Å². The van der Waals surface area contributed by atoms with Gasteiger partial charge in [0.2, 0.25) is 0 Å². The molecule has 0 saturated heterocycles. The maximum Gasteiger partial charge on any atom is 0.325 e. The lowest BCUT2D eigenvalue weighted by atomic mass is 9.80. The van der Waals surface area contributed by atoms with Gasteiger partial charge < -0.3 is 9.84 Å². The summed E-state index contributed by atoms with van der Waals surface area (Å²) in [6.07, 6.45) is 2.79. The van der Waals surface area contributed by atoms with Crippen LogP contribution in [0.2, 0.25) is 0 Å². The molecule has 9 heteroatoms. The van der Waals surface area contributed by atoms with E-state index in [1.807, 2.05) is 0 Å². The number of esters is 1. The van der Waals surface area contributed by atoms with Gasteiger partial charge in [0.1, 0.15) is 17.7 Å². The van der Waals surface area contributed by atoms with Crippen LogP contribution >= 0.6 is 0 Å². The molecule has 7 nitrogen and oxygen atoms in total. The monoisotopic (exact) mass is 393 g/mol. The Morgan fingerprint density at radius 3 is 2.68 bits per heavy atom. The zero-order valence-corrected chi connectivity index (χ0v) is 15.5. The van der Waals surface area contributed by atoms with Gasteiger partial charge in [0.05, 0.1) is 24.8 Å². The zero-order chi connectivity index (χ0) is 20.4. The summed E-state index contributed by atoms with van der Waals surface area (Å²) in [7, 11) is 2.90. The average molecular weight is 393 g/mol. The Morgan fingerprint density at radius 2 is 2.07 bits per heavy atom. The minimum Gasteiger partial charge on any atom is -0.480 e. The van der Waals surface area contributed by atoms with Crippen molar-refractivity contribution in [3.8, 4) is 0 Å². The number of carboxylic acid groups (broad SMARTS) is 1. The maximum absolute atomic E-state index is 14.1. The van der Waals surface area contributed by atoms with Crippen LogP contribution in [0.4, 0.5) is 8.78 Å². The van der Waals surface area contributed by atoms with Crippen LogP contribution < -0.4 is 0 Å². The van der Waals surface area contributed by atoms with Gasteiger partial charge >= 0.3 is 11.9 Å². The maximum atomic E-state index is 14.1. The van der Waals surface area contributed by atoms with Crippen molar-refractivity contribution in [2.24, 2.45) is 5.92 Å². The highest BCUT2D eigenvalue weighted by Gasteiger charge is 2.38. The van der Waals surface area contributed by atoms with Crippen molar-refractivity contribution >= 4 is 11.9 Å². The van der Waals surface area contributed by atoms with Crippen molar-refractivity contribution in [1.82, 2.24) is 14.7 Å². The van der Waals surface area contributed by atoms with Crippen LogP contribution in [-0.2, 0) is 20.9 Å². The minimum absolute atomic E-state index is 0.0216. The van der Waals surface area contributed by atoms with Gasteiger partial charge in [-0.3, -0.25) is 19.2 Å². The smallest absolute Gasteiger partial charge is 0.325 e. The molecule has 1 aliphatic carbocycles. The van der Waals surface area contributed by atoms with Crippen molar-refractivity contribution < 1.29 is 28.2 Å². The van der Waals surface area contributed by atoms with Crippen molar-refractivity contribution in [2.45, 2.75) is 31.5 Å². The lowest BCUT2D eigenvalue weighted by molar-refractivity contribution is -0.150. The largest absolute Gasteiger partial charge is 0.480 e. The quantitative estimate of drug-likeness (QED) is 0.728. The first-order chi connectivity index (χ1) is 13.3. The summed E-state index contributed by atoms with van der Waals surface area (Å²) in [6.45, 7) is 0.188. The van der Waals surface area contributed by atoms with Crippen LogP contribution in [0.1, 0.15) is 36.2 Å². The molecule has 150 valence electrons. The number of benzene rings is 1. The first kappa shape index (κ1) is 19.9. The molecule has 1 atom stereocenters. The SMILES string of the molecule is COC(=O)C1CC(n2nccc2CN(C)C(C(=O)O)c2ccc(F)cc2F)C1. The van der Waals surface area contributed by atoms with E-state index in [2.05, 4.69) is 5.10 Å². The number of likely N-dealkylation sites (N-methyl/N-ethyl adjacent to an activating group) is 1. The Kier molecular flexibility index (Phi) is 5.73. The predicted molar refractivity (Wildman–Crippen MR) is 94.2 cm³/mol. The molecule has 1 aliphatic rings. The summed E-state index contributed by atoms with van der Waals surface area (Å²) in [5.74, 6) is -3.33. The van der Waals surface area contributed by atoms with E-state index in [4.69, 9.17) is 4.74 Å². The van der Waals surface area contributed by atoms with Gasteiger partial charge in [0.15, 0.2) is 0 Å². The number of nitrogens with zero attached hydrogens (tertiary/aromatic N) is 3. The molecule has 0 radical (unpaired) electrons.